The molecule has 1 aromatic heterocycles. The molecular weight excluding hydrogens is 198 g/mol. The molecule has 1 saturated carbocycles. The summed E-state index contributed by atoms with van der Waals surface area (Å²) < 4.78 is 2.39. The van der Waals surface area contributed by atoms with Gasteiger partial charge in [-0.05, 0) is 50.6 Å². The Balaban J connectivity index is 1.61. The van der Waals surface area contributed by atoms with Crippen LogP contribution in [0.15, 0.2) is 12.4 Å². The van der Waals surface area contributed by atoms with Gasteiger partial charge in [-0.15, -0.1) is 0 Å². The van der Waals surface area contributed by atoms with E-state index in [9.17, 15) is 0 Å². The monoisotopic (exact) mass is 219 g/mol. The third-order valence-corrected chi connectivity index (χ3v) is 3.88. The van der Waals surface area contributed by atoms with Gasteiger partial charge in [0.15, 0.2) is 0 Å². The van der Waals surface area contributed by atoms with Crippen LogP contribution < -0.4 is 5.32 Å². The lowest BCUT2D eigenvalue weighted by Gasteiger charge is -2.22. The van der Waals surface area contributed by atoms with Crippen LogP contribution in [-0.4, -0.2) is 22.6 Å². The number of nitrogens with zero attached hydrogens (tertiary/aromatic N) is 2. The molecule has 0 atom stereocenters. The lowest BCUT2D eigenvalue weighted by Crippen LogP contribution is -2.29. The van der Waals surface area contributed by atoms with Crippen molar-refractivity contribution >= 4 is 0 Å². The number of imidazole rings is 1. The summed E-state index contributed by atoms with van der Waals surface area (Å²) in [5, 5.41) is 3.42. The van der Waals surface area contributed by atoms with E-state index in [-0.39, 0.29) is 0 Å². The third kappa shape index (κ3) is 2.46. The molecular formula is C13H21N3. The first-order valence-electron chi connectivity index (χ1n) is 6.62. The average molecular weight is 219 g/mol. The molecule has 0 amide bonds. The fourth-order valence-corrected chi connectivity index (χ4v) is 2.62. The van der Waals surface area contributed by atoms with Crippen molar-refractivity contribution in [3.63, 3.8) is 0 Å². The molecule has 0 bridgehead atoms. The summed E-state index contributed by atoms with van der Waals surface area (Å²) >= 11 is 0. The first-order valence-corrected chi connectivity index (χ1v) is 6.62. The smallest absolute Gasteiger partial charge is 0.108 e. The second-order valence-corrected chi connectivity index (χ2v) is 5.34. The Morgan fingerprint density at radius 2 is 2.00 bits per heavy atom. The molecule has 2 aliphatic rings. The summed E-state index contributed by atoms with van der Waals surface area (Å²) in [5.41, 5.74) is 0. The van der Waals surface area contributed by atoms with Crippen LogP contribution in [-0.2, 0) is 13.0 Å². The van der Waals surface area contributed by atoms with Gasteiger partial charge >= 0.3 is 0 Å². The van der Waals surface area contributed by atoms with Crippen molar-refractivity contribution in [1.82, 2.24) is 14.9 Å². The Kier molecular flexibility index (Phi) is 2.96. The Labute approximate surface area is 97.3 Å². The Morgan fingerprint density at radius 3 is 2.75 bits per heavy atom. The van der Waals surface area contributed by atoms with Gasteiger partial charge < -0.3 is 9.88 Å². The topological polar surface area (TPSA) is 29.9 Å². The molecule has 1 aliphatic carbocycles. The molecule has 3 rings (SSSR count). The van der Waals surface area contributed by atoms with E-state index in [2.05, 4.69) is 21.1 Å². The lowest BCUT2D eigenvalue weighted by molar-refractivity contribution is 0.362. The summed E-state index contributed by atoms with van der Waals surface area (Å²) in [6.45, 7) is 3.59. The van der Waals surface area contributed by atoms with E-state index in [4.69, 9.17) is 0 Å². The molecule has 1 aromatic rings. The fraction of sp³-hybridized carbons (Fsp3) is 0.769. The molecule has 0 aromatic carbocycles. The number of rotatable bonds is 4. The quantitative estimate of drug-likeness (QED) is 0.837. The number of hydrogen-bond donors (Lipinski definition) is 1. The van der Waals surface area contributed by atoms with Gasteiger partial charge in [0.1, 0.15) is 5.82 Å². The molecule has 1 aliphatic heterocycles. The predicted molar refractivity (Wildman–Crippen MR) is 64.2 cm³/mol. The van der Waals surface area contributed by atoms with Gasteiger partial charge in [0.05, 0.1) is 0 Å². The zero-order valence-corrected chi connectivity index (χ0v) is 9.86. The standard InChI is InChI=1S/C13H21N3/c1-2-12(1)10-16-8-7-15-13(16)9-11-3-5-14-6-4-11/h7-8,11-12,14H,1-6,9-10H2. The van der Waals surface area contributed by atoms with Gasteiger partial charge in [0.2, 0.25) is 0 Å². The first-order chi connectivity index (χ1) is 7.92. The van der Waals surface area contributed by atoms with E-state index >= 15 is 0 Å². The molecule has 2 heterocycles. The minimum atomic E-state index is 0.849. The van der Waals surface area contributed by atoms with Gasteiger partial charge in [-0.3, -0.25) is 0 Å². The highest BCUT2D eigenvalue weighted by Gasteiger charge is 2.23. The summed E-state index contributed by atoms with van der Waals surface area (Å²) in [4.78, 5) is 4.53. The van der Waals surface area contributed by atoms with Crippen molar-refractivity contribution in [2.24, 2.45) is 11.8 Å². The predicted octanol–water partition coefficient (Wildman–Crippen LogP) is 1.84. The number of piperidine rings is 1. The van der Waals surface area contributed by atoms with E-state index in [1.807, 2.05) is 6.20 Å². The molecule has 0 spiro atoms. The van der Waals surface area contributed by atoms with Crippen LogP contribution in [0.25, 0.3) is 0 Å². The van der Waals surface area contributed by atoms with Gasteiger partial charge in [-0.25, -0.2) is 4.98 Å². The molecule has 3 nitrogen and oxygen atoms in total. The van der Waals surface area contributed by atoms with Crippen molar-refractivity contribution in [3.05, 3.63) is 18.2 Å². The van der Waals surface area contributed by atoms with Crippen molar-refractivity contribution in [1.29, 1.82) is 0 Å². The first kappa shape index (κ1) is 10.3. The second kappa shape index (κ2) is 4.58. The third-order valence-electron chi connectivity index (χ3n) is 3.88. The van der Waals surface area contributed by atoms with Gasteiger partial charge in [-0.2, -0.15) is 0 Å². The van der Waals surface area contributed by atoms with Crippen LogP contribution in [0, 0.1) is 11.8 Å². The van der Waals surface area contributed by atoms with Crippen LogP contribution in [0.2, 0.25) is 0 Å². The highest BCUT2D eigenvalue weighted by molar-refractivity contribution is 4.96. The van der Waals surface area contributed by atoms with Crippen molar-refractivity contribution in [2.45, 2.75) is 38.6 Å². The highest BCUT2D eigenvalue weighted by atomic mass is 15.1. The van der Waals surface area contributed by atoms with Crippen molar-refractivity contribution in [2.75, 3.05) is 13.1 Å². The van der Waals surface area contributed by atoms with Crippen LogP contribution in [0.3, 0.4) is 0 Å². The Morgan fingerprint density at radius 1 is 1.19 bits per heavy atom. The maximum atomic E-state index is 4.53. The van der Waals surface area contributed by atoms with E-state index in [0.29, 0.717) is 0 Å². The van der Waals surface area contributed by atoms with Crippen LogP contribution in [0.4, 0.5) is 0 Å². The van der Waals surface area contributed by atoms with E-state index in [1.54, 1.807) is 0 Å². The zero-order valence-electron chi connectivity index (χ0n) is 9.86. The molecule has 1 saturated heterocycles. The van der Waals surface area contributed by atoms with E-state index < -0.39 is 0 Å². The van der Waals surface area contributed by atoms with Gasteiger partial charge in [-0.1, -0.05) is 0 Å². The summed E-state index contributed by atoms with van der Waals surface area (Å²) in [5.74, 6) is 3.11. The van der Waals surface area contributed by atoms with Crippen LogP contribution in [0.5, 0.6) is 0 Å². The van der Waals surface area contributed by atoms with E-state index in [0.717, 1.165) is 11.8 Å². The molecule has 16 heavy (non-hydrogen) atoms. The number of nitrogens with one attached hydrogen (secondary N) is 1. The van der Waals surface area contributed by atoms with Crippen molar-refractivity contribution < 1.29 is 0 Å². The fourth-order valence-electron chi connectivity index (χ4n) is 2.62. The minimum absolute atomic E-state index is 0.849. The van der Waals surface area contributed by atoms with Crippen molar-refractivity contribution in [3.8, 4) is 0 Å². The average Bonchev–Trinajstić information content (AvgIpc) is 3.02. The van der Waals surface area contributed by atoms with Crippen LogP contribution in [0.1, 0.15) is 31.5 Å². The highest BCUT2D eigenvalue weighted by Crippen LogP contribution is 2.31. The maximum absolute atomic E-state index is 4.53. The number of hydrogen-bond acceptors (Lipinski definition) is 2. The molecule has 1 N–H and O–H groups in total. The summed E-state index contributed by atoms with van der Waals surface area (Å²) in [7, 11) is 0. The summed E-state index contributed by atoms with van der Waals surface area (Å²) in [6.07, 6.45) is 10.8. The van der Waals surface area contributed by atoms with Gasteiger partial charge in [0.25, 0.3) is 0 Å². The Hall–Kier alpha value is -0.830. The van der Waals surface area contributed by atoms with Gasteiger partial charge in [0, 0.05) is 25.4 Å². The number of aromatic nitrogens is 2. The molecule has 0 radical (unpaired) electrons. The molecule has 88 valence electrons. The second-order valence-electron chi connectivity index (χ2n) is 5.34. The van der Waals surface area contributed by atoms with E-state index in [1.165, 1.54) is 57.6 Å². The lowest BCUT2D eigenvalue weighted by atomic mass is 9.94. The Bertz CT molecular complexity index is 335. The summed E-state index contributed by atoms with van der Waals surface area (Å²) in [6, 6.07) is 0. The minimum Gasteiger partial charge on any atom is -0.335 e. The SMILES string of the molecule is c1cn(CC2CC2)c(CC2CCNCC2)n1. The van der Waals surface area contributed by atoms with Crippen LogP contribution >= 0.6 is 0 Å². The molecule has 0 unspecified atom stereocenters. The zero-order chi connectivity index (χ0) is 10.8. The maximum Gasteiger partial charge on any atom is 0.108 e. The normalized spacial score (nSPS) is 22.5. The molecule has 3 heteroatoms. The molecule has 2 fully saturated rings. The largest absolute Gasteiger partial charge is 0.335 e.